The molecular weight excluding hydrogens is 396 g/mol. The fraction of sp³-hybridized carbons (Fsp3) is 0.400. The predicted octanol–water partition coefficient (Wildman–Crippen LogP) is 1.91. The van der Waals surface area contributed by atoms with Crippen LogP contribution in [0.15, 0.2) is 28.5 Å². The van der Waals surface area contributed by atoms with E-state index in [4.69, 9.17) is 11.6 Å². The highest BCUT2D eigenvalue weighted by Gasteiger charge is 2.30. The van der Waals surface area contributed by atoms with Crippen molar-refractivity contribution in [2.45, 2.75) is 17.6 Å². The molecule has 0 aromatic carbocycles. The summed E-state index contributed by atoms with van der Waals surface area (Å²) in [5.41, 5.74) is 0.710. The van der Waals surface area contributed by atoms with Gasteiger partial charge in [0.1, 0.15) is 10.0 Å². The molecule has 0 unspecified atom stereocenters. The third kappa shape index (κ3) is 3.07. The van der Waals surface area contributed by atoms with Crippen molar-refractivity contribution in [1.29, 1.82) is 0 Å². The van der Waals surface area contributed by atoms with Crippen LogP contribution in [0.4, 0.5) is 5.82 Å². The molecular formula is C15H17ClN6O2S2. The van der Waals surface area contributed by atoms with E-state index >= 15 is 0 Å². The second-order valence-electron chi connectivity index (χ2n) is 5.88. The maximum absolute atomic E-state index is 12.7. The summed E-state index contributed by atoms with van der Waals surface area (Å²) in [6.07, 6.45) is 0.743. The lowest BCUT2D eigenvalue weighted by molar-refractivity contribution is 0.384. The summed E-state index contributed by atoms with van der Waals surface area (Å²) in [6.45, 7) is 3.95. The Morgan fingerprint density at radius 1 is 1.12 bits per heavy atom. The summed E-state index contributed by atoms with van der Waals surface area (Å²) >= 11 is 6.96. The van der Waals surface area contributed by atoms with E-state index in [9.17, 15) is 8.42 Å². The molecule has 1 fully saturated rings. The van der Waals surface area contributed by atoms with Gasteiger partial charge in [-0.25, -0.2) is 8.42 Å². The third-order valence-electron chi connectivity index (χ3n) is 4.33. The minimum atomic E-state index is -3.49. The number of thiophene rings is 1. The van der Waals surface area contributed by atoms with Crippen LogP contribution in [0.25, 0.3) is 5.65 Å². The Balaban J connectivity index is 1.51. The predicted molar refractivity (Wildman–Crippen MR) is 100 cm³/mol. The number of anilines is 1. The Labute approximate surface area is 160 Å². The normalized spacial score (nSPS) is 16.5. The number of aromatic nitrogens is 4. The zero-order chi connectivity index (χ0) is 18.3. The summed E-state index contributed by atoms with van der Waals surface area (Å²) < 4.78 is 29.4. The number of hydrogen-bond acceptors (Lipinski definition) is 7. The summed E-state index contributed by atoms with van der Waals surface area (Å²) in [7, 11) is -3.49. The molecule has 0 radical (unpaired) electrons. The van der Waals surface area contributed by atoms with Gasteiger partial charge in [-0.2, -0.15) is 8.82 Å². The van der Waals surface area contributed by atoms with Gasteiger partial charge < -0.3 is 4.90 Å². The van der Waals surface area contributed by atoms with Gasteiger partial charge in [0.15, 0.2) is 11.5 Å². The molecule has 3 aromatic heterocycles. The minimum Gasteiger partial charge on any atom is -0.353 e. The van der Waals surface area contributed by atoms with E-state index in [0.29, 0.717) is 36.2 Å². The quantitative estimate of drug-likeness (QED) is 0.650. The molecule has 0 bridgehead atoms. The van der Waals surface area contributed by atoms with E-state index in [-0.39, 0.29) is 4.21 Å². The van der Waals surface area contributed by atoms with Gasteiger partial charge in [0.2, 0.25) is 0 Å². The average Bonchev–Trinajstić information content (AvgIpc) is 3.27. The molecule has 0 N–H and O–H groups in total. The number of piperazine rings is 1. The minimum absolute atomic E-state index is 0.285. The number of sulfonamides is 1. The summed E-state index contributed by atoms with van der Waals surface area (Å²) in [5.74, 6) is 1.60. The van der Waals surface area contributed by atoms with Crippen LogP contribution in [0.5, 0.6) is 0 Å². The number of fused-ring (bicyclic) bond motifs is 1. The first kappa shape index (κ1) is 17.7. The van der Waals surface area contributed by atoms with Crippen molar-refractivity contribution in [3.8, 4) is 0 Å². The van der Waals surface area contributed by atoms with E-state index in [1.165, 1.54) is 4.31 Å². The van der Waals surface area contributed by atoms with Crippen molar-refractivity contribution in [3.05, 3.63) is 34.4 Å². The van der Waals surface area contributed by atoms with Crippen molar-refractivity contribution >= 4 is 44.4 Å². The van der Waals surface area contributed by atoms with Crippen LogP contribution in [-0.4, -0.2) is 58.7 Å². The average molecular weight is 413 g/mol. The summed E-state index contributed by atoms with van der Waals surface area (Å²) in [6, 6.07) is 6.94. The first-order chi connectivity index (χ1) is 12.5. The van der Waals surface area contributed by atoms with E-state index in [0.717, 1.165) is 29.4 Å². The zero-order valence-corrected chi connectivity index (χ0v) is 16.4. The Hall–Kier alpha value is -1.75. The molecule has 138 valence electrons. The van der Waals surface area contributed by atoms with Crippen LogP contribution in [0, 0.1) is 0 Å². The number of halogens is 1. The highest BCUT2D eigenvalue weighted by Crippen LogP contribution is 2.29. The van der Waals surface area contributed by atoms with Crippen LogP contribution in [0.1, 0.15) is 12.7 Å². The molecule has 1 aliphatic rings. The highest BCUT2D eigenvalue weighted by atomic mass is 35.5. The number of nitrogens with zero attached hydrogens (tertiary/aromatic N) is 6. The maximum atomic E-state index is 12.7. The van der Waals surface area contributed by atoms with Crippen molar-refractivity contribution in [3.63, 3.8) is 0 Å². The molecule has 26 heavy (non-hydrogen) atoms. The lowest BCUT2D eigenvalue weighted by Crippen LogP contribution is -2.48. The molecule has 4 heterocycles. The van der Waals surface area contributed by atoms with Crippen LogP contribution in [0.2, 0.25) is 4.34 Å². The summed E-state index contributed by atoms with van der Waals surface area (Å²) in [5, 5.41) is 12.8. The molecule has 11 heteroatoms. The van der Waals surface area contributed by atoms with E-state index in [2.05, 4.69) is 20.2 Å². The van der Waals surface area contributed by atoms with Gasteiger partial charge in [0.25, 0.3) is 10.0 Å². The maximum Gasteiger partial charge on any atom is 0.252 e. The van der Waals surface area contributed by atoms with Crippen LogP contribution in [0.3, 0.4) is 0 Å². The first-order valence-corrected chi connectivity index (χ1v) is 10.8. The highest BCUT2D eigenvalue weighted by molar-refractivity contribution is 7.91. The molecule has 8 nitrogen and oxygen atoms in total. The van der Waals surface area contributed by atoms with Crippen molar-refractivity contribution in [2.24, 2.45) is 0 Å². The SMILES string of the molecule is CCc1nnc2ccc(N3CCN(S(=O)(=O)c4ccc(Cl)s4)CC3)nn12. The van der Waals surface area contributed by atoms with Gasteiger partial charge in [-0.1, -0.05) is 18.5 Å². The van der Waals surface area contributed by atoms with Gasteiger partial charge in [-0.15, -0.1) is 26.6 Å². The van der Waals surface area contributed by atoms with Crippen molar-refractivity contribution in [2.75, 3.05) is 31.1 Å². The first-order valence-electron chi connectivity index (χ1n) is 8.21. The molecule has 3 aromatic rings. The van der Waals surface area contributed by atoms with Gasteiger partial charge in [-0.05, 0) is 24.3 Å². The Bertz CT molecular complexity index is 1040. The van der Waals surface area contributed by atoms with E-state index < -0.39 is 10.0 Å². The monoisotopic (exact) mass is 412 g/mol. The zero-order valence-electron chi connectivity index (χ0n) is 14.0. The topological polar surface area (TPSA) is 83.7 Å². The van der Waals surface area contributed by atoms with Gasteiger partial charge >= 0.3 is 0 Å². The second-order valence-corrected chi connectivity index (χ2v) is 9.76. The molecule has 0 aliphatic carbocycles. The van der Waals surface area contributed by atoms with Crippen LogP contribution >= 0.6 is 22.9 Å². The van der Waals surface area contributed by atoms with Gasteiger partial charge in [-0.3, -0.25) is 0 Å². The Kier molecular flexibility index (Phi) is 4.59. The molecule has 4 rings (SSSR count). The molecule has 1 saturated heterocycles. The standard InChI is InChI=1S/C15H17ClN6O2S2/c1-2-12-17-18-13-4-5-14(19-22(12)13)20-7-9-21(10-8-20)26(23,24)15-6-3-11(16)25-15/h3-6H,2,7-10H2,1H3. The molecule has 0 amide bonds. The molecule has 0 spiro atoms. The van der Waals surface area contributed by atoms with Crippen molar-refractivity contribution < 1.29 is 8.42 Å². The van der Waals surface area contributed by atoms with Crippen LogP contribution < -0.4 is 4.90 Å². The lowest BCUT2D eigenvalue weighted by Gasteiger charge is -2.34. The van der Waals surface area contributed by atoms with Crippen molar-refractivity contribution in [1.82, 2.24) is 24.1 Å². The summed E-state index contributed by atoms with van der Waals surface area (Å²) in [4.78, 5) is 2.08. The van der Waals surface area contributed by atoms with E-state index in [1.54, 1.807) is 16.6 Å². The molecule has 1 aliphatic heterocycles. The Morgan fingerprint density at radius 2 is 1.88 bits per heavy atom. The number of hydrogen-bond donors (Lipinski definition) is 0. The number of aryl methyl sites for hydroxylation is 1. The van der Waals surface area contributed by atoms with E-state index in [1.807, 2.05) is 19.1 Å². The van der Waals surface area contributed by atoms with Crippen LogP contribution in [-0.2, 0) is 16.4 Å². The fourth-order valence-corrected chi connectivity index (χ4v) is 5.99. The lowest BCUT2D eigenvalue weighted by atomic mass is 10.3. The molecule has 0 atom stereocenters. The van der Waals surface area contributed by atoms with Gasteiger partial charge in [0, 0.05) is 32.6 Å². The fourth-order valence-electron chi connectivity index (χ4n) is 2.93. The second kappa shape index (κ2) is 6.76. The third-order valence-corrected chi connectivity index (χ3v) is 7.93. The van der Waals surface area contributed by atoms with Gasteiger partial charge in [0.05, 0.1) is 4.34 Å². The largest absolute Gasteiger partial charge is 0.353 e. The smallest absolute Gasteiger partial charge is 0.252 e. The molecule has 0 saturated carbocycles. The number of rotatable bonds is 4. The Morgan fingerprint density at radius 3 is 2.54 bits per heavy atom.